The van der Waals surface area contributed by atoms with Crippen LogP contribution in [-0.2, 0) is 23.1 Å². The number of carboxylic acids is 1. The van der Waals surface area contributed by atoms with E-state index in [1.165, 1.54) is 24.3 Å². The summed E-state index contributed by atoms with van der Waals surface area (Å²) >= 11 is 1.01. The number of Topliss-reactive ketones (excluding diaryl/α,β-unsaturated/α-hetero) is 1. The number of carbonyl (C=O) groups excluding carboxylic acids is 1. The molecule has 2 aromatic rings. The minimum atomic E-state index is -6.62. The fraction of sp³-hybridized carbons (Fsp3) is 0.333. The molecule has 198 valence electrons. The zero-order valence-corrected chi connectivity index (χ0v) is 19.7. The van der Waals surface area contributed by atoms with Gasteiger partial charge in [-0.1, -0.05) is 12.1 Å². The molecule has 0 aliphatic carbocycles. The Morgan fingerprint density at radius 1 is 0.889 bits per heavy atom. The van der Waals surface area contributed by atoms with Crippen LogP contribution in [0.2, 0.25) is 0 Å². The summed E-state index contributed by atoms with van der Waals surface area (Å²) in [6.07, 6.45) is -20.1. The minimum Gasteiger partial charge on any atom is -0.481 e. The van der Waals surface area contributed by atoms with Gasteiger partial charge in [-0.05, 0) is 52.4 Å². The lowest BCUT2D eigenvalue weighted by Crippen LogP contribution is -2.50. The Labute approximate surface area is 209 Å². The third kappa shape index (κ3) is 6.39. The molecule has 4 nitrogen and oxygen atoms in total. The monoisotopic (exact) mass is 645 g/mol. The van der Waals surface area contributed by atoms with Crippen LogP contribution in [0.15, 0.2) is 36.4 Å². The van der Waals surface area contributed by atoms with Gasteiger partial charge in [-0.3, -0.25) is 9.59 Å². The molecule has 0 aromatic heterocycles. The van der Waals surface area contributed by atoms with E-state index in [1.807, 2.05) is 0 Å². The number of alkyl halides is 10. The summed E-state index contributed by atoms with van der Waals surface area (Å²) in [6.45, 7) is -0.0477. The maximum Gasteiger partial charge on any atom is 0.435 e. The van der Waals surface area contributed by atoms with E-state index in [1.54, 1.807) is 0 Å². The van der Waals surface area contributed by atoms with E-state index in [-0.39, 0.29) is 30.3 Å². The van der Waals surface area contributed by atoms with Gasteiger partial charge in [-0.2, -0.15) is 39.5 Å². The van der Waals surface area contributed by atoms with E-state index in [0.717, 1.165) is 22.6 Å². The number of halogens is 11. The minimum absolute atomic E-state index is 0.0245. The molecule has 0 aliphatic rings. The highest BCUT2D eigenvalue weighted by atomic mass is 127. The molecule has 15 heteroatoms. The molecule has 2 rings (SSSR count). The normalized spacial score (nSPS) is 13.0. The van der Waals surface area contributed by atoms with Gasteiger partial charge in [0.05, 0.1) is 12.0 Å². The van der Waals surface area contributed by atoms with Crippen molar-refractivity contribution >= 4 is 40.0 Å². The Balaban J connectivity index is 2.53. The predicted octanol–water partition coefficient (Wildman–Crippen LogP) is 6.91. The molecular formula is C21H14F10INO3. The Kier molecular flexibility index (Phi) is 8.57. The molecule has 0 fully saturated rings. The Hall–Kier alpha value is -2.59. The molecule has 2 aromatic carbocycles. The predicted molar refractivity (Wildman–Crippen MR) is 114 cm³/mol. The smallest absolute Gasteiger partial charge is 0.435 e. The first-order valence-electron chi connectivity index (χ1n) is 9.60. The second-order valence-corrected chi connectivity index (χ2v) is 8.55. The molecule has 0 atom stereocenters. The van der Waals surface area contributed by atoms with Crippen LogP contribution < -0.4 is 5.32 Å². The average molecular weight is 645 g/mol. The second-order valence-electron chi connectivity index (χ2n) is 7.39. The molecule has 2 N–H and O–H groups in total. The van der Waals surface area contributed by atoms with Gasteiger partial charge < -0.3 is 10.4 Å². The van der Waals surface area contributed by atoms with Crippen LogP contribution in [0.5, 0.6) is 0 Å². The van der Waals surface area contributed by atoms with Crippen LogP contribution in [0.3, 0.4) is 0 Å². The molecule has 0 spiro atoms. The third-order valence-corrected chi connectivity index (χ3v) is 5.83. The van der Waals surface area contributed by atoms with Crippen LogP contribution in [0.4, 0.5) is 49.6 Å². The number of nitrogens with one attached hydrogen (secondary N) is 1. The number of hydrogen-bond acceptors (Lipinski definition) is 3. The summed E-state index contributed by atoms with van der Waals surface area (Å²) in [6, 6.07) is 4.50. The van der Waals surface area contributed by atoms with Crippen LogP contribution in [-0.4, -0.2) is 35.8 Å². The van der Waals surface area contributed by atoms with Gasteiger partial charge in [-0.15, -0.1) is 0 Å². The first kappa shape index (κ1) is 29.6. The quantitative estimate of drug-likeness (QED) is 0.186. The average Bonchev–Trinajstić information content (AvgIpc) is 2.71. The van der Waals surface area contributed by atoms with Crippen LogP contribution >= 0.6 is 22.6 Å². The van der Waals surface area contributed by atoms with Crippen molar-refractivity contribution < 1.29 is 58.6 Å². The zero-order valence-electron chi connectivity index (χ0n) is 17.5. The van der Waals surface area contributed by atoms with E-state index in [0.29, 0.717) is 0 Å². The number of benzene rings is 2. The van der Waals surface area contributed by atoms with E-state index in [4.69, 9.17) is 5.11 Å². The Bertz CT molecular complexity index is 1130. The Morgan fingerprint density at radius 2 is 1.47 bits per heavy atom. The van der Waals surface area contributed by atoms with Gasteiger partial charge in [0, 0.05) is 33.4 Å². The highest BCUT2D eigenvalue weighted by Crippen LogP contribution is 2.54. The van der Waals surface area contributed by atoms with Crippen LogP contribution in [0, 0.1) is 3.57 Å². The number of rotatable bonds is 8. The molecule has 0 bridgehead atoms. The first-order valence-corrected chi connectivity index (χ1v) is 10.7. The summed E-state index contributed by atoms with van der Waals surface area (Å²) < 4.78 is 133. The van der Waals surface area contributed by atoms with Crippen molar-refractivity contribution in [1.29, 1.82) is 0 Å². The van der Waals surface area contributed by atoms with E-state index in [9.17, 15) is 53.5 Å². The fourth-order valence-corrected chi connectivity index (χ4v) is 3.95. The molecular weight excluding hydrogens is 631 g/mol. The van der Waals surface area contributed by atoms with Gasteiger partial charge >= 0.3 is 30.2 Å². The van der Waals surface area contributed by atoms with Crippen LogP contribution in [0.1, 0.15) is 33.5 Å². The third-order valence-electron chi connectivity index (χ3n) is 4.87. The molecule has 0 saturated carbocycles. The summed E-state index contributed by atoms with van der Waals surface area (Å²) in [4.78, 5) is 23.2. The highest BCUT2D eigenvalue weighted by Gasteiger charge is 2.73. The largest absolute Gasteiger partial charge is 0.481 e. The number of carbonyl (C=O) groups is 2. The van der Waals surface area contributed by atoms with Gasteiger partial charge in [0.15, 0.2) is 5.78 Å². The first-order chi connectivity index (χ1) is 16.3. The van der Waals surface area contributed by atoms with Crippen molar-refractivity contribution in [2.45, 2.75) is 37.0 Å². The number of carboxylic acid groups (broad SMARTS) is 1. The van der Waals surface area contributed by atoms with E-state index in [2.05, 4.69) is 5.32 Å². The van der Waals surface area contributed by atoms with Gasteiger partial charge in [0.25, 0.3) is 0 Å². The standard InChI is InChI=1S/C21H14F10INO3/c22-18(20(26,27)28,21(29,30)31)11-7-14(19(23,24)25)13(15(32)8-11)9-16(34)10-2-1-3-12(6-10)33-5-4-17(35)36/h1-3,6-8,33H,4-5,9H2,(H,35,36). The molecule has 0 radical (unpaired) electrons. The molecule has 0 unspecified atom stereocenters. The van der Waals surface area contributed by atoms with Crippen molar-refractivity contribution in [2.24, 2.45) is 0 Å². The topological polar surface area (TPSA) is 66.4 Å². The van der Waals surface area contributed by atoms with Crippen molar-refractivity contribution in [3.63, 3.8) is 0 Å². The van der Waals surface area contributed by atoms with Gasteiger partial charge in [-0.25, -0.2) is 4.39 Å². The summed E-state index contributed by atoms with van der Waals surface area (Å²) in [7, 11) is 0. The summed E-state index contributed by atoms with van der Waals surface area (Å²) in [5.41, 5.74) is -11.3. The van der Waals surface area contributed by atoms with Crippen molar-refractivity contribution in [3.8, 4) is 0 Å². The number of ketones is 1. The van der Waals surface area contributed by atoms with E-state index < -0.39 is 68.7 Å². The lowest BCUT2D eigenvalue weighted by molar-refractivity contribution is -0.348. The molecule has 0 amide bonds. The number of hydrogen-bond donors (Lipinski definition) is 2. The molecule has 0 saturated heterocycles. The molecule has 36 heavy (non-hydrogen) atoms. The zero-order chi connectivity index (χ0) is 27.7. The number of anilines is 1. The van der Waals surface area contributed by atoms with Crippen molar-refractivity contribution in [3.05, 3.63) is 62.2 Å². The summed E-state index contributed by atoms with van der Waals surface area (Å²) in [5.74, 6) is -2.10. The van der Waals surface area contributed by atoms with Crippen molar-refractivity contribution in [2.75, 3.05) is 11.9 Å². The van der Waals surface area contributed by atoms with Gasteiger partial charge in [0.1, 0.15) is 0 Å². The molecule has 0 aliphatic heterocycles. The lowest BCUT2D eigenvalue weighted by atomic mass is 9.89. The molecule has 0 heterocycles. The van der Waals surface area contributed by atoms with Crippen LogP contribution in [0.25, 0.3) is 0 Å². The Morgan fingerprint density at radius 3 is 1.97 bits per heavy atom. The number of aliphatic carboxylic acids is 1. The maximum absolute atomic E-state index is 14.4. The van der Waals surface area contributed by atoms with Gasteiger partial charge in [0.2, 0.25) is 0 Å². The van der Waals surface area contributed by atoms with Crippen molar-refractivity contribution in [1.82, 2.24) is 0 Å². The highest BCUT2D eigenvalue weighted by molar-refractivity contribution is 14.1. The SMILES string of the molecule is O=C(O)CCNc1cccc(C(=O)Cc2c(I)cc(C(F)(C(F)(F)F)C(F)(F)F)cc2C(F)(F)F)c1. The van der Waals surface area contributed by atoms with E-state index >= 15 is 0 Å². The fourth-order valence-electron chi connectivity index (χ4n) is 3.14. The summed E-state index contributed by atoms with van der Waals surface area (Å²) in [5, 5.41) is 11.3. The lowest BCUT2D eigenvalue weighted by Gasteiger charge is -2.31. The maximum atomic E-state index is 14.4. The second kappa shape index (κ2) is 10.4.